The first-order chi connectivity index (χ1) is 6.24. The summed E-state index contributed by atoms with van der Waals surface area (Å²) in [5, 5.41) is 0. The number of hydrogen-bond acceptors (Lipinski definition) is 2. The number of carbonyl (C=O) groups is 1. The van der Waals surface area contributed by atoms with Gasteiger partial charge in [0.25, 0.3) is 0 Å². The fourth-order valence-electron chi connectivity index (χ4n) is 1.04. The van der Waals surface area contributed by atoms with E-state index >= 15 is 0 Å². The number of carbonyl (C=O) groups excluding carboxylic acids is 1. The molecule has 0 fully saturated rings. The van der Waals surface area contributed by atoms with E-state index in [4.69, 9.17) is 6.42 Å². The molecule has 1 aromatic heterocycles. The van der Waals surface area contributed by atoms with Crippen molar-refractivity contribution in [3.63, 3.8) is 0 Å². The highest BCUT2D eigenvalue weighted by Gasteiger charge is 2.04. The molecular formula is C11H11NO. The maximum Gasteiger partial charge on any atom is 0.165 e. The molecule has 1 aromatic rings. The van der Waals surface area contributed by atoms with Crippen molar-refractivity contribution in [2.75, 3.05) is 0 Å². The summed E-state index contributed by atoms with van der Waals surface area (Å²) in [6, 6.07) is 1.83. The fourth-order valence-corrected chi connectivity index (χ4v) is 1.04. The van der Waals surface area contributed by atoms with Crippen LogP contribution in [0.3, 0.4) is 0 Å². The predicted octanol–water partition coefficient (Wildman–Crippen LogP) is 1.99. The smallest absolute Gasteiger partial charge is 0.165 e. The second kappa shape index (κ2) is 4.42. The molecule has 0 radical (unpaired) electrons. The minimum absolute atomic E-state index is 0.0640. The van der Waals surface area contributed by atoms with Crippen LogP contribution in [-0.4, -0.2) is 10.8 Å². The van der Waals surface area contributed by atoms with Crippen LogP contribution in [0.1, 0.15) is 28.8 Å². The standard InChI is InChI=1S/C11H11NO/c1-3-4-5-11(13)10-6-9(2)7-12-8-10/h1,6-8H,4-5H2,2H3. The second-order valence-electron chi connectivity index (χ2n) is 2.88. The largest absolute Gasteiger partial charge is 0.294 e. The molecule has 0 aliphatic heterocycles. The Balaban J connectivity index is 2.72. The van der Waals surface area contributed by atoms with Crippen LogP contribution in [0.25, 0.3) is 0 Å². The van der Waals surface area contributed by atoms with Crippen molar-refractivity contribution in [3.05, 3.63) is 29.6 Å². The van der Waals surface area contributed by atoms with Crippen LogP contribution in [0.4, 0.5) is 0 Å². The number of aromatic nitrogens is 1. The molecule has 0 aliphatic rings. The molecule has 66 valence electrons. The number of rotatable bonds is 3. The van der Waals surface area contributed by atoms with Gasteiger partial charge in [-0.3, -0.25) is 9.78 Å². The highest BCUT2D eigenvalue weighted by atomic mass is 16.1. The van der Waals surface area contributed by atoms with Crippen LogP contribution in [0, 0.1) is 19.3 Å². The van der Waals surface area contributed by atoms with E-state index < -0.39 is 0 Å². The molecule has 0 saturated heterocycles. The van der Waals surface area contributed by atoms with Crippen molar-refractivity contribution in [1.29, 1.82) is 0 Å². The van der Waals surface area contributed by atoms with Crippen molar-refractivity contribution in [1.82, 2.24) is 4.98 Å². The Kier molecular flexibility index (Phi) is 3.22. The summed E-state index contributed by atoms with van der Waals surface area (Å²) in [5.74, 6) is 2.51. The molecule has 0 aromatic carbocycles. The van der Waals surface area contributed by atoms with E-state index in [2.05, 4.69) is 10.9 Å². The zero-order valence-corrected chi connectivity index (χ0v) is 7.58. The summed E-state index contributed by atoms with van der Waals surface area (Å²) in [7, 11) is 0. The first-order valence-corrected chi connectivity index (χ1v) is 4.12. The Labute approximate surface area is 78.0 Å². The molecule has 1 heterocycles. The molecule has 0 bridgehead atoms. The topological polar surface area (TPSA) is 30.0 Å². The van der Waals surface area contributed by atoms with E-state index in [9.17, 15) is 4.79 Å². The summed E-state index contributed by atoms with van der Waals surface area (Å²) < 4.78 is 0. The first kappa shape index (κ1) is 9.47. The Morgan fingerprint density at radius 1 is 1.62 bits per heavy atom. The summed E-state index contributed by atoms with van der Waals surface area (Å²) in [6.07, 6.45) is 9.26. The van der Waals surface area contributed by atoms with Gasteiger partial charge in [-0.2, -0.15) is 0 Å². The maximum absolute atomic E-state index is 11.4. The lowest BCUT2D eigenvalue weighted by Crippen LogP contribution is -1.99. The molecule has 2 nitrogen and oxygen atoms in total. The van der Waals surface area contributed by atoms with Crippen LogP contribution in [0.5, 0.6) is 0 Å². The third kappa shape index (κ3) is 2.72. The Bertz CT molecular complexity index is 349. The molecule has 13 heavy (non-hydrogen) atoms. The SMILES string of the molecule is C#CCCC(=O)c1cncc(C)c1. The normalized spacial score (nSPS) is 9.23. The van der Waals surface area contributed by atoms with Crippen molar-refractivity contribution < 1.29 is 4.79 Å². The number of ketones is 1. The van der Waals surface area contributed by atoms with Crippen molar-refractivity contribution >= 4 is 5.78 Å². The minimum atomic E-state index is 0.0640. The first-order valence-electron chi connectivity index (χ1n) is 4.12. The summed E-state index contributed by atoms with van der Waals surface area (Å²) >= 11 is 0. The number of pyridine rings is 1. The van der Waals surface area contributed by atoms with Crippen LogP contribution in [0.15, 0.2) is 18.5 Å². The summed E-state index contributed by atoms with van der Waals surface area (Å²) in [4.78, 5) is 15.4. The zero-order valence-electron chi connectivity index (χ0n) is 7.58. The molecule has 0 aliphatic carbocycles. The van der Waals surface area contributed by atoms with E-state index in [1.165, 1.54) is 0 Å². The maximum atomic E-state index is 11.4. The molecular weight excluding hydrogens is 162 g/mol. The quantitative estimate of drug-likeness (QED) is 0.516. The van der Waals surface area contributed by atoms with Gasteiger partial charge in [0.15, 0.2) is 5.78 Å². The van der Waals surface area contributed by atoms with Gasteiger partial charge in [-0.05, 0) is 18.6 Å². The van der Waals surface area contributed by atoms with Gasteiger partial charge in [-0.25, -0.2) is 0 Å². The number of Topliss-reactive ketones (excluding diaryl/α,β-unsaturated/α-hetero) is 1. The monoisotopic (exact) mass is 173 g/mol. The number of nitrogens with zero attached hydrogens (tertiary/aromatic N) is 1. The molecule has 0 amide bonds. The molecule has 0 N–H and O–H groups in total. The van der Waals surface area contributed by atoms with Gasteiger partial charge in [-0.15, -0.1) is 12.3 Å². The lowest BCUT2D eigenvalue weighted by atomic mass is 10.1. The van der Waals surface area contributed by atoms with Gasteiger partial charge in [0, 0.05) is 30.8 Å². The lowest BCUT2D eigenvalue weighted by molar-refractivity contribution is 0.0984. The van der Waals surface area contributed by atoms with Crippen molar-refractivity contribution in [3.8, 4) is 12.3 Å². The van der Waals surface area contributed by atoms with E-state index in [1.807, 2.05) is 13.0 Å². The van der Waals surface area contributed by atoms with Crippen molar-refractivity contribution in [2.45, 2.75) is 19.8 Å². The molecule has 1 rings (SSSR count). The average Bonchev–Trinajstić information content (AvgIpc) is 2.14. The van der Waals surface area contributed by atoms with E-state index in [-0.39, 0.29) is 5.78 Å². The Morgan fingerprint density at radius 3 is 3.00 bits per heavy atom. The van der Waals surface area contributed by atoms with Crippen LogP contribution in [-0.2, 0) is 0 Å². The third-order valence-corrected chi connectivity index (χ3v) is 1.69. The highest BCUT2D eigenvalue weighted by Crippen LogP contribution is 2.05. The minimum Gasteiger partial charge on any atom is -0.294 e. The second-order valence-corrected chi connectivity index (χ2v) is 2.88. The number of aryl methyl sites for hydroxylation is 1. The summed E-state index contributed by atoms with van der Waals surface area (Å²) in [5.41, 5.74) is 1.64. The number of hydrogen-bond donors (Lipinski definition) is 0. The van der Waals surface area contributed by atoms with Gasteiger partial charge in [0.1, 0.15) is 0 Å². The third-order valence-electron chi connectivity index (χ3n) is 1.69. The van der Waals surface area contributed by atoms with Crippen LogP contribution in [0.2, 0.25) is 0 Å². The molecule has 0 unspecified atom stereocenters. The molecule has 0 spiro atoms. The Hall–Kier alpha value is -1.62. The van der Waals surface area contributed by atoms with E-state index in [0.717, 1.165) is 5.56 Å². The predicted molar refractivity (Wildman–Crippen MR) is 51.4 cm³/mol. The fraction of sp³-hybridized carbons (Fsp3) is 0.273. The summed E-state index contributed by atoms with van der Waals surface area (Å²) in [6.45, 7) is 1.91. The zero-order chi connectivity index (χ0) is 9.68. The molecule has 0 atom stereocenters. The number of terminal acetylenes is 1. The van der Waals surface area contributed by atoms with Crippen LogP contribution >= 0.6 is 0 Å². The highest BCUT2D eigenvalue weighted by molar-refractivity contribution is 5.95. The van der Waals surface area contributed by atoms with Gasteiger partial charge >= 0.3 is 0 Å². The van der Waals surface area contributed by atoms with Gasteiger partial charge in [-0.1, -0.05) is 0 Å². The molecule has 2 heteroatoms. The lowest BCUT2D eigenvalue weighted by Gasteiger charge is -1.98. The van der Waals surface area contributed by atoms with E-state index in [0.29, 0.717) is 18.4 Å². The Morgan fingerprint density at radius 2 is 2.38 bits per heavy atom. The van der Waals surface area contributed by atoms with E-state index in [1.54, 1.807) is 12.4 Å². The van der Waals surface area contributed by atoms with Crippen LogP contribution < -0.4 is 0 Å². The average molecular weight is 173 g/mol. The van der Waals surface area contributed by atoms with Gasteiger partial charge in [0.2, 0.25) is 0 Å². The molecule has 0 saturated carbocycles. The van der Waals surface area contributed by atoms with Crippen molar-refractivity contribution in [2.24, 2.45) is 0 Å². The van der Waals surface area contributed by atoms with Gasteiger partial charge < -0.3 is 0 Å². The van der Waals surface area contributed by atoms with Gasteiger partial charge in [0.05, 0.1) is 0 Å².